The first kappa shape index (κ1) is 18.3. The third-order valence-corrected chi connectivity index (χ3v) is 4.51. The van der Waals surface area contributed by atoms with Gasteiger partial charge in [0.05, 0.1) is 18.0 Å². The molecular weight excluding hydrogens is 334 g/mol. The summed E-state index contributed by atoms with van der Waals surface area (Å²) in [4.78, 5) is 16.0. The quantitative estimate of drug-likeness (QED) is 0.744. The zero-order valence-electron chi connectivity index (χ0n) is 15.4. The van der Waals surface area contributed by atoms with Gasteiger partial charge in [-0.25, -0.2) is 0 Å². The summed E-state index contributed by atoms with van der Waals surface area (Å²) in [5, 5.41) is 12.1. The number of nitrogens with zero attached hydrogens (tertiary/aromatic N) is 4. The molecule has 1 N–H and O–H groups in total. The maximum absolute atomic E-state index is 12.7. The number of ether oxygens (including phenoxy) is 2. The number of benzene rings is 1. The predicted octanol–water partition coefficient (Wildman–Crippen LogP) is 1.03. The second-order valence-corrected chi connectivity index (χ2v) is 6.32. The van der Waals surface area contributed by atoms with Crippen LogP contribution in [0.15, 0.2) is 24.3 Å². The van der Waals surface area contributed by atoms with E-state index in [1.165, 1.54) is 4.80 Å². The van der Waals surface area contributed by atoms with Crippen LogP contribution in [0.25, 0.3) is 5.69 Å². The first-order valence-corrected chi connectivity index (χ1v) is 8.74. The van der Waals surface area contributed by atoms with Gasteiger partial charge in [0.15, 0.2) is 5.69 Å². The van der Waals surface area contributed by atoms with Gasteiger partial charge in [0.2, 0.25) is 0 Å². The summed E-state index contributed by atoms with van der Waals surface area (Å²) in [5.74, 6) is 0.654. The summed E-state index contributed by atoms with van der Waals surface area (Å²) >= 11 is 0. The van der Waals surface area contributed by atoms with Gasteiger partial charge < -0.3 is 19.7 Å². The Bertz CT molecular complexity index is 738. The fourth-order valence-electron chi connectivity index (χ4n) is 2.91. The zero-order chi connectivity index (χ0) is 18.5. The molecule has 1 aromatic heterocycles. The Kier molecular flexibility index (Phi) is 5.85. The number of methoxy groups -OCH3 is 1. The monoisotopic (exact) mass is 359 g/mol. The van der Waals surface area contributed by atoms with Gasteiger partial charge in [-0.2, -0.15) is 9.90 Å². The maximum Gasteiger partial charge on any atom is 0.276 e. The van der Waals surface area contributed by atoms with Crippen LogP contribution in [-0.2, 0) is 4.74 Å². The molecule has 0 spiro atoms. The van der Waals surface area contributed by atoms with Gasteiger partial charge in [0.1, 0.15) is 12.4 Å². The molecule has 26 heavy (non-hydrogen) atoms. The van der Waals surface area contributed by atoms with Gasteiger partial charge in [0, 0.05) is 26.7 Å². The minimum Gasteiger partial charge on any atom is -0.491 e. The van der Waals surface area contributed by atoms with Crippen molar-refractivity contribution in [2.45, 2.75) is 19.4 Å². The van der Waals surface area contributed by atoms with Crippen molar-refractivity contribution < 1.29 is 14.3 Å². The van der Waals surface area contributed by atoms with E-state index >= 15 is 0 Å². The third-order valence-electron chi connectivity index (χ3n) is 4.51. The number of aromatic nitrogens is 3. The van der Waals surface area contributed by atoms with E-state index in [4.69, 9.17) is 9.47 Å². The standard InChI is InChI=1S/C18H25N5O3/c1-13-17(18(24)22(2)15-8-9-19-12-15)21-23(20-13)14-4-6-16(7-5-14)26-11-10-25-3/h4-7,15,19H,8-12H2,1-3H3/t15-/m0/s1. The normalized spacial score (nSPS) is 16.7. The van der Waals surface area contributed by atoms with Gasteiger partial charge in [0.25, 0.3) is 5.91 Å². The van der Waals surface area contributed by atoms with E-state index < -0.39 is 0 Å². The van der Waals surface area contributed by atoms with Gasteiger partial charge in [-0.3, -0.25) is 4.79 Å². The van der Waals surface area contributed by atoms with E-state index in [1.807, 2.05) is 31.3 Å². The molecule has 140 valence electrons. The Morgan fingerprint density at radius 2 is 2.08 bits per heavy atom. The lowest BCUT2D eigenvalue weighted by molar-refractivity contribution is 0.0736. The minimum absolute atomic E-state index is 0.0954. The van der Waals surface area contributed by atoms with Crippen LogP contribution >= 0.6 is 0 Å². The zero-order valence-corrected chi connectivity index (χ0v) is 15.4. The van der Waals surface area contributed by atoms with Crippen LogP contribution in [0, 0.1) is 6.92 Å². The molecule has 1 amide bonds. The predicted molar refractivity (Wildman–Crippen MR) is 96.8 cm³/mol. The van der Waals surface area contributed by atoms with E-state index in [0.717, 1.165) is 30.9 Å². The van der Waals surface area contributed by atoms with Crippen molar-refractivity contribution in [3.63, 3.8) is 0 Å². The number of amides is 1. The largest absolute Gasteiger partial charge is 0.491 e. The summed E-state index contributed by atoms with van der Waals surface area (Å²) in [6.07, 6.45) is 0.958. The van der Waals surface area contributed by atoms with Crippen LogP contribution in [0.5, 0.6) is 5.75 Å². The van der Waals surface area contributed by atoms with Gasteiger partial charge in [-0.15, -0.1) is 5.10 Å². The van der Waals surface area contributed by atoms with Crippen molar-refractivity contribution in [2.75, 3.05) is 40.5 Å². The van der Waals surface area contributed by atoms with Gasteiger partial charge in [-0.1, -0.05) is 0 Å². The highest BCUT2D eigenvalue weighted by atomic mass is 16.5. The second kappa shape index (κ2) is 8.29. The Morgan fingerprint density at radius 3 is 2.73 bits per heavy atom. The molecule has 0 radical (unpaired) electrons. The molecule has 2 aromatic rings. The van der Waals surface area contributed by atoms with Crippen LogP contribution in [0.2, 0.25) is 0 Å². The molecule has 2 heterocycles. The van der Waals surface area contributed by atoms with Crippen LogP contribution in [0.4, 0.5) is 0 Å². The number of rotatable bonds is 7. The van der Waals surface area contributed by atoms with Crippen molar-refractivity contribution in [3.8, 4) is 11.4 Å². The first-order chi connectivity index (χ1) is 12.6. The molecule has 0 saturated carbocycles. The molecule has 1 aliphatic heterocycles. The Balaban J connectivity index is 1.72. The lowest BCUT2D eigenvalue weighted by atomic mass is 10.2. The molecule has 0 bridgehead atoms. The average molecular weight is 359 g/mol. The molecule has 0 unspecified atom stereocenters. The lowest BCUT2D eigenvalue weighted by Gasteiger charge is -2.22. The van der Waals surface area contributed by atoms with Crippen LogP contribution in [0.3, 0.4) is 0 Å². The molecule has 1 aliphatic rings. The summed E-state index contributed by atoms with van der Waals surface area (Å²) in [5.41, 5.74) is 1.78. The van der Waals surface area contributed by atoms with E-state index in [9.17, 15) is 4.79 Å². The van der Waals surface area contributed by atoms with Crippen LogP contribution < -0.4 is 10.1 Å². The van der Waals surface area contributed by atoms with Crippen molar-refractivity contribution in [2.24, 2.45) is 0 Å². The fraction of sp³-hybridized carbons (Fsp3) is 0.500. The fourth-order valence-corrected chi connectivity index (χ4v) is 2.91. The number of likely N-dealkylation sites (N-methyl/N-ethyl adjacent to an activating group) is 1. The van der Waals surface area contributed by atoms with Crippen LogP contribution in [0.1, 0.15) is 22.6 Å². The molecule has 1 atom stereocenters. The SMILES string of the molecule is COCCOc1ccc(-n2nc(C)c(C(=O)N(C)[C@H]3CCNC3)n2)cc1. The Labute approximate surface area is 153 Å². The highest BCUT2D eigenvalue weighted by molar-refractivity contribution is 5.93. The third kappa shape index (κ3) is 4.03. The van der Waals surface area contributed by atoms with Crippen molar-refractivity contribution >= 4 is 5.91 Å². The summed E-state index contributed by atoms with van der Waals surface area (Å²) < 4.78 is 10.5. The van der Waals surface area contributed by atoms with E-state index in [0.29, 0.717) is 24.6 Å². The number of hydrogen-bond acceptors (Lipinski definition) is 6. The lowest BCUT2D eigenvalue weighted by Crippen LogP contribution is -2.38. The van der Waals surface area contributed by atoms with E-state index in [-0.39, 0.29) is 11.9 Å². The Morgan fingerprint density at radius 1 is 1.31 bits per heavy atom. The van der Waals surface area contributed by atoms with E-state index in [2.05, 4.69) is 15.5 Å². The second-order valence-electron chi connectivity index (χ2n) is 6.32. The minimum atomic E-state index is -0.0954. The molecule has 8 nitrogen and oxygen atoms in total. The number of aryl methyl sites for hydroxylation is 1. The van der Waals surface area contributed by atoms with Gasteiger partial charge in [-0.05, 0) is 44.2 Å². The van der Waals surface area contributed by atoms with Gasteiger partial charge >= 0.3 is 0 Å². The smallest absolute Gasteiger partial charge is 0.276 e. The maximum atomic E-state index is 12.7. The molecule has 1 fully saturated rings. The van der Waals surface area contributed by atoms with Crippen molar-refractivity contribution in [1.29, 1.82) is 0 Å². The summed E-state index contributed by atoms with van der Waals surface area (Å²) in [6.45, 7) is 4.60. The number of nitrogens with one attached hydrogen (secondary N) is 1. The summed E-state index contributed by atoms with van der Waals surface area (Å²) in [6, 6.07) is 7.62. The molecule has 1 aromatic carbocycles. The first-order valence-electron chi connectivity index (χ1n) is 8.74. The molecule has 0 aliphatic carbocycles. The van der Waals surface area contributed by atoms with Crippen molar-refractivity contribution in [1.82, 2.24) is 25.2 Å². The molecule has 3 rings (SSSR count). The summed E-state index contributed by atoms with van der Waals surface area (Å²) in [7, 11) is 3.46. The highest BCUT2D eigenvalue weighted by Gasteiger charge is 2.27. The molecule has 1 saturated heterocycles. The highest BCUT2D eigenvalue weighted by Crippen LogP contribution is 2.17. The van der Waals surface area contributed by atoms with E-state index in [1.54, 1.807) is 18.9 Å². The Hall–Kier alpha value is -2.45. The van der Waals surface area contributed by atoms with Crippen molar-refractivity contribution in [3.05, 3.63) is 35.7 Å². The topological polar surface area (TPSA) is 81.5 Å². The average Bonchev–Trinajstić information content (AvgIpc) is 3.31. The molecule has 8 heteroatoms. The number of carbonyl (C=O) groups excluding carboxylic acids is 1. The van der Waals surface area contributed by atoms with Crippen LogP contribution in [-0.4, -0.2) is 72.3 Å². The molecular formula is C18H25N5O3. The number of hydrogen-bond donors (Lipinski definition) is 1. The number of carbonyl (C=O) groups is 1.